The van der Waals surface area contributed by atoms with Gasteiger partial charge in [-0.1, -0.05) is 0 Å². The molecule has 0 amide bonds. The monoisotopic (exact) mass is 246 g/mol. The van der Waals surface area contributed by atoms with Crippen LogP contribution in [0.5, 0.6) is 0 Å². The molecule has 0 aromatic rings. The van der Waals surface area contributed by atoms with Gasteiger partial charge in [0, 0.05) is 32.7 Å². The normalized spacial score (nSPS) is 16.9. The quantitative estimate of drug-likeness (QED) is 0.657. The van der Waals surface area contributed by atoms with Gasteiger partial charge in [0.2, 0.25) is 0 Å². The number of halogens is 2. The molecule has 0 aromatic carbocycles. The number of nitrogens with zero attached hydrogens (tertiary/aromatic N) is 1. The van der Waals surface area contributed by atoms with E-state index in [1.165, 1.54) is 0 Å². The van der Waals surface area contributed by atoms with Crippen LogP contribution in [0, 0.1) is 0 Å². The third kappa shape index (κ3) is 7.79. The van der Waals surface area contributed by atoms with Crippen LogP contribution < -0.4 is 5.32 Å². The Hall–Kier alpha value is 0.420. The minimum Gasteiger partial charge on any atom is -0.395 e. The molecule has 14 heavy (non-hydrogen) atoms. The lowest BCUT2D eigenvalue weighted by molar-refractivity contribution is 0.0383. The Kier molecular flexibility index (Phi) is 13.8. The zero-order valence-corrected chi connectivity index (χ0v) is 9.91. The highest BCUT2D eigenvalue weighted by atomic mass is 35.5. The molecule has 1 saturated heterocycles. The minimum absolute atomic E-state index is 0. The molecule has 1 aliphatic heterocycles. The highest BCUT2D eigenvalue weighted by molar-refractivity contribution is 5.85. The molecule has 2 N–H and O–H groups in total. The smallest absolute Gasteiger partial charge is 0.0594 e. The first-order valence-electron chi connectivity index (χ1n) is 4.55. The van der Waals surface area contributed by atoms with Crippen LogP contribution in [-0.4, -0.2) is 62.6 Å². The Labute approximate surface area is 97.8 Å². The summed E-state index contributed by atoms with van der Waals surface area (Å²) in [5, 5.41) is 11.7. The van der Waals surface area contributed by atoms with Crippen molar-refractivity contribution in [3.8, 4) is 0 Å². The average Bonchev–Trinajstić information content (AvgIpc) is 2.14. The third-order valence-electron chi connectivity index (χ3n) is 2.00. The SMILES string of the molecule is Cl.Cl.OCCNCCN1CCOCC1. The second kappa shape index (κ2) is 11.5. The summed E-state index contributed by atoms with van der Waals surface area (Å²) in [7, 11) is 0. The minimum atomic E-state index is 0. The third-order valence-corrected chi connectivity index (χ3v) is 2.00. The molecule has 1 fully saturated rings. The maximum Gasteiger partial charge on any atom is 0.0594 e. The van der Waals surface area contributed by atoms with Crippen molar-refractivity contribution in [1.29, 1.82) is 0 Å². The van der Waals surface area contributed by atoms with Crippen LogP contribution >= 0.6 is 24.8 Å². The average molecular weight is 247 g/mol. The van der Waals surface area contributed by atoms with E-state index in [0.717, 1.165) is 39.4 Å². The van der Waals surface area contributed by atoms with Crippen LogP contribution in [0.25, 0.3) is 0 Å². The number of hydrogen-bond acceptors (Lipinski definition) is 4. The van der Waals surface area contributed by atoms with Crippen LogP contribution in [0.4, 0.5) is 0 Å². The van der Waals surface area contributed by atoms with Gasteiger partial charge in [0.05, 0.1) is 19.8 Å². The van der Waals surface area contributed by atoms with Gasteiger partial charge in [-0.2, -0.15) is 0 Å². The van der Waals surface area contributed by atoms with Gasteiger partial charge in [-0.3, -0.25) is 4.90 Å². The molecule has 6 heteroatoms. The predicted molar refractivity (Wildman–Crippen MR) is 61.7 cm³/mol. The van der Waals surface area contributed by atoms with Crippen LogP contribution in [0.2, 0.25) is 0 Å². The Bertz CT molecular complexity index is 114. The topological polar surface area (TPSA) is 44.7 Å². The predicted octanol–water partition coefficient (Wildman–Crippen LogP) is -0.256. The lowest BCUT2D eigenvalue weighted by Gasteiger charge is -2.26. The van der Waals surface area contributed by atoms with E-state index in [1.54, 1.807) is 0 Å². The summed E-state index contributed by atoms with van der Waals surface area (Å²) in [5.41, 5.74) is 0. The summed E-state index contributed by atoms with van der Waals surface area (Å²) in [6.07, 6.45) is 0. The van der Waals surface area contributed by atoms with Crippen LogP contribution in [0.3, 0.4) is 0 Å². The summed E-state index contributed by atoms with van der Waals surface area (Å²) in [5.74, 6) is 0. The lowest BCUT2D eigenvalue weighted by atomic mass is 10.4. The largest absolute Gasteiger partial charge is 0.395 e. The molecule has 1 heterocycles. The molecule has 1 rings (SSSR count). The van der Waals surface area contributed by atoms with Crippen molar-refractivity contribution >= 4 is 24.8 Å². The molecular formula is C8H20Cl2N2O2. The van der Waals surface area contributed by atoms with Crippen molar-refractivity contribution in [3.63, 3.8) is 0 Å². The first-order chi connectivity index (χ1) is 5.93. The molecule has 0 aliphatic carbocycles. The zero-order chi connectivity index (χ0) is 8.65. The fourth-order valence-corrected chi connectivity index (χ4v) is 1.27. The Morgan fingerprint density at radius 2 is 1.79 bits per heavy atom. The maximum absolute atomic E-state index is 8.51. The standard InChI is InChI=1S/C8H18N2O2.2ClH/c11-6-2-9-1-3-10-4-7-12-8-5-10;;/h9,11H,1-8H2;2*1H. The van der Waals surface area contributed by atoms with Crippen molar-refractivity contribution in [3.05, 3.63) is 0 Å². The van der Waals surface area contributed by atoms with Gasteiger partial charge in [-0.25, -0.2) is 0 Å². The van der Waals surface area contributed by atoms with Crippen LogP contribution in [0.15, 0.2) is 0 Å². The lowest BCUT2D eigenvalue weighted by Crippen LogP contribution is -2.40. The molecule has 0 aromatic heterocycles. The summed E-state index contributed by atoms with van der Waals surface area (Å²) in [4.78, 5) is 2.37. The van der Waals surface area contributed by atoms with Gasteiger partial charge >= 0.3 is 0 Å². The van der Waals surface area contributed by atoms with Crippen molar-refractivity contribution in [2.24, 2.45) is 0 Å². The number of hydrogen-bond donors (Lipinski definition) is 2. The van der Waals surface area contributed by atoms with Crippen molar-refractivity contribution in [2.75, 3.05) is 52.5 Å². The number of ether oxygens (including phenoxy) is 1. The second-order valence-corrected chi connectivity index (χ2v) is 2.93. The van der Waals surface area contributed by atoms with E-state index < -0.39 is 0 Å². The summed E-state index contributed by atoms with van der Waals surface area (Å²) < 4.78 is 5.23. The number of nitrogens with one attached hydrogen (secondary N) is 1. The van der Waals surface area contributed by atoms with Crippen molar-refractivity contribution in [1.82, 2.24) is 10.2 Å². The molecule has 0 unspecified atom stereocenters. The van der Waals surface area contributed by atoms with Crippen LogP contribution in [-0.2, 0) is 4.74 Å². The fraction of sp³-hybridized carbons (Fsp3) is 1.00. The molecule has 0 saturated carbocycles. The Balaban J connectivity index is 0. The van der Waals surface area contributed by atoms with E-state index in [0.29, 0.717) is 6.54 Å². The molecular weight excluding hydrogens is 227 g/mol. The van der Waals surface area contributed by atoms with E-state index >= 15 is 0 Å². The molecule has 88 valence electrons. The van der Waals surface area contributed by atoms with E-state index in [9.17, 15) is 0 Å². The van der Waals surface area contributed by atoms with Gasteiger partial charge in [-0.15, -0.1) is 24.8 Å². The van der Waals surface area contributed by atoms with E-state index in [1.807, 2.05) is 0 Å². The highest BCUT2D eigenvalue weighted by Gasteiger charge is 2.08. The Morgan fingerprint density at radius 3 is 2.36 bits per heavy atom. The summed E-state index contributed by atoms with van der Waals surface area (Å²) in [6, 6.07) is 0. The molecule has 4 nitrogen and oxygen atoms in total. The van der Waals surface area contributed by atoms with Crippen molar-refractivity contribution in [2.45, 2.75) is 0 Å². The number of rotatable bonds is 5. The van der Waals surface area contributed by atoms with Gasteiger partial charge in [-0.05, 0) is 0 Å². The number of aliphatic hydroxyl groups is 1. The number of morpholine rings is 1. The maximum atomic E-state index is 8.51. The second-order valence-electron chi connectivity index (χ2n) is 2.93. The van der Waals surface area contributed by atoms with Gasteiger partial charge in [0.25, 0.3) is 0 Å². The van der Waals surface area contributed by atoms with Crippen LogP contribution in [0.1, 0.15) is 0 Å². The van der Waals surface area contributed by atoms with Gasteiger partial charge < -0.3 is 15.2 Å². The molecule has 0 atom stereocenters. The summed E-state index contributed by atoms with van der Waals surface area (Å²) >= 11 is 0. The Morgan fingerprint density at radius 1 is 1.14 bits per heavy atom. The first kappa shape index (κ1) is 16.8. The van der Waals surface area contributed by atoms with E-state index in [2.05, 4.69) is 10.2 Å². The molecule has 0 bridgehead atoms. The highest BCUT2D eigenvalue weighted by Crippen LogP contribution is 1.94. The molecule has 0 spiro atoms. The molecule has 0 radical (unpaired) electrons. The van der Waals surface area contributed by atoms with Gasteiger partial charge in [0.1, 0.15) is 0 Å². The summed E-state index contributed by atoms with van der Waals surface area (Å²) in [6.45, 7) is 6.75. The number of aliphatic hydroxyl groups excluding tert-OH is 1. The van der Waals surface area contributed by atoms with E-state index in [-0.39, 0.29) is 31.4 Å². The fourth-order valence-electron chi connectivity index (χ4n) is 1.27. The van der Waals surface area contributed by atoms with E-state index in [4.69, 9.17) is 9.84 Å². The zero-order valence-electron chi connectivity index (χ0n) is 8.28. The van der Waals surface area contributed by atoms with Gasteiger partial charge in [0.15, 0.2) is 0 Å². The molecule has 1 aliphatic rings. The first-order valence-corrected chi connectivity index (χ1v) is 4.55. The van der Waals surface area contributed by atoms with Crippen molar-refractivity contribution < 1.29 is 9.84 Å².